The summed E-state index contributed by atoms with van der Waals surface area (Å²) in [5.74, 6) is 0. The largest absolute Gasteiger partial charge is 0.364 e. The van der Waals surface area contributed by atoms with Crippen LogP contribution in [0.3, 0.4) is 0 Å². The van der Waals surface area contributed by atoms with Crippen LogP contribution in [0.5, 0.6) is 0 Å². The van der Waals surface area contributed by atoms with Crippen molar-refractivity contribution < 1.29 is 0 Å². The van der Waals surface area contributed by atoms with Gasteiger partial charge in [-0.2, -0.15) is 0 Å². The van der Waals surface area contributed by atoms with Gasteiger partial charge in [-0.15, -0.1) is 0 Å². The van der Waals surface area contributed by atoms with Crippen molar-refractivity contribution >= 4 is 5.69 Å². The summed E-state index contributed by atoms with van der Waals surface area (Å²) >= 11 is 0. The van der Waals surface area contributed by atoms with Crippen LogP contribution >= 0.6 is 0 Å². The molecule has 0 spiro atoms. The molecule has 0 amide bonds. The van der Waals surface area contributed by atoms with Gasteiger partial charge in [-0.05, 0) is 31.0 Å². The van der Waals surface area contributed by atoms with Gasteiger partial charge in [0.2, 0.25) is 0 Å². The summed E-state index contributed by atoms with van der Waals surface area (Å²) in [4.78, 5) is 2.47. The molecule has 1 heterocycles. The molecule has 3 rings (SSSR count). The Hall–Kier alpha value is -1.76. The normalized spacial score (nSPS) is 13.5. The van der Waals surface area contributed by atoms with Crippen molar-refractivity contribution in [1.29, 1.82) is 0 Å². The standard InChI is InChI=1S/C16H17N/c1-12(2)17-11-13-7-3-4-8-14(13)15-9-5-6-10-16(15)17/h3-10,12H,11H2,1-2H3. The first-order valence-corrected chi connectivity index (χ1v) is 6.21. The van der Waals surface area contributed by atoms with E-state index in [-0.39, 0.29) is 0 Å². The van der Waals surface area contributed by atoms with Crippen molar-refractivity contribution in [3.05, 3.63) is 54.1 Å². The number of hydrogen-bond donors (Lipinski definition) is 0. The van der Waals surface area contributed by atoms with Crippen LogP contribution in [0.2, 0.25) is 0 Å². The van der Waals surface area contributed by atoms with E-state index in [0.717, 1.165) is 6.54 Å². The van der Waals surface area contributed by atoms with Crippen LogP contribution in [0.25, 0.3) is 11.1 Å². The van der Waals surface area contributed by atoms with E-state index in [9.17, 15) is 0 Å². The van der Waals surface area contributed by atoms with E-state index < -0.39 is 0 Å². The molecular weight excluding hydrogens is 206 g/mol. The highest BCUT2D eigenvalue weighted by atomic mass is 15.2. The lowest BCUT2D eigenvalue weighted by Gasteiger charge is -2.35. The monoisotopic (exact) mass is 223 g/mol. The number of anilines is 1. The smallest absolute Gasteiger partial charge is 0.0451 e. The zero-order valence-corrected chi connectivity index (χ0v) is 10.4. The van der Waals surface area contributed by atoms with Crippen molar-refractivity contribution in [1.82, 2.24) is 0 Å². The van der Waals surface area contributed by atoms with Gasteiger partial charge in [0.15, 0.2) is 0 Å². The first kappa shape index (κ1) is 10.4. The van der Waals surface area contributed by atoms with E-state index in [4.69, 9.17) is 0 Å². The second kappa shape index (κ2) is 3.92. The molecule has 0 aromatic heterocycles. The molecule has 1 heteroatoms. The number of fused-ring (bicyclic) bond motifs is 3. The van der Waals surface area contributed by atoms with Gasteiger partial charge in [0.25, 0.3) is 0 Å². The highest BCUT2D eigenvalue weighted by Crippen LogP contribution is 2.39. The van der Waals surface area contributed by atoms with E-state index in [2.05, 4.69) is 67.3 Å². The minimum atomic E-state index is 0.532. The third-order valence-corrected chi connectivity index (χ3v) is 3.49. The van der Waals surface area contributed by atoms with Crippen molar-refractivity contribution in [3.63, 3.8) is 0 Å². The third kappa shape index (κ3) is 1.62. The van der Waals surface area contributed by atoms with Crippen molar-refractivity contribution in [2.75, 3.05) is 4.90 Å². The number of benzene rings is 2. The van der Waals surface area contributed by atoms with Crippen LogP contribution in [-0.4, -0.2) is 6.04 Å². The number of hydrogen-bond acceptors (Lipinski definition) is 1. The molecule has 2 aromatic rings. The van der Waals surface area contributed by atoms with E-state index in [1.807, 2.05) is 0 Å². The fraction of sp³-hybridized carbons (Fsp3) is 0.250. The maximum absolute atomic E-state index is 2.47. The molecule has 0 unspecified atom stereocenters. The second-order valence-corrected chi connectivity index (χ2v) is 4.90. The van der Waals surface area contributed by atoms with Gasteiger partial charge in [-0.25, -0.2) is 0 Å². The quantitative estimate of drug-likeness (QED) is 0.704. The zero-order valence-electron chi connectivity index (χ0n) is 10.4. The van der Waals surface area contributed by atoms with Crippen molar-refractivity contribution in [3.8, 4) is 11.1 Å². The summed E-state index contributed by atoms with van der Waals surface area (Å²) in [6, 6.07) is 18.0. The second-order valence-electron chi connectivity index (χ2n) is 4.90. The molecule has 0 radical (unpaired) electrons. The van der Waals surface area contributed by atoms with Crippen molar-refractivity contribution in [2.24, 2.45) is 0 Å². The maximum Gasteiger partial charge on any atom is 0.0451 e. The molecule has 1 nitrogen and oxygen atoms in total. The average Bonchev–Trinajstić information content (AvgIpc) is 2.37. The van der Waals surface area contributed by atoms with Crippen LogP contribution in [-0.2, 0) is 6.54 Å². The average molecular weight is 223 g/mol. The predicted octanol–water partition coefficient (Wildman–Crippen LogP) is 4.08. The van der Waals surface area contributed by atoms with Gasteiger partial charge < -0.3 is 4.90 Å². The molecule has 0 aliphatic carbocycles. The Labute approximate surface area is 103 Å². The first-order valence-electron chi connectivity index (χ1n) is 6.21. The molecule has 1 aliphatic heterocycles. The van der Waals surface area contributed by atoms with Gasteiger partial charge in [0.1, 0.15) is 0 Å². The Morgan fingerprint density at radius 1 is 0.882 bits per heavy atom. The van der Waals surface area contributed by atoms with E-state index in [1.54, 1.807) is 0 Å². The summed E-state index contributed by atoms with van der Waals surface area (Å²) in [7, 11) is 0. The lowest BCUT2D eigenvalue weighted by Crippen LogP contribution is -2.32. The lowest BCUT2D eigenvalue weighted by molar-refractivity contribution is 0.678. The summed E-state index contributed by atoms with van der Waals surface area (Å²) in [6.07, 6.45) is 0. The van der Waals surface area contributed by atoms with Crippen LogP contribution < -0.4 is 4.90 Å². The Kier molecular flexibility index (Phi) is 2.40. The lowest BCUT2D eigenvalue weighted by atomic mass is 9.93. The van der Waals surface area contributed by atoms with Gasteiger partial charge in [-0.3, -0.25) is 0 Å². The van der Waals surface area contributed by atoms with E-state index in [0.29, 0.717) is 6.04 Å². The molecular formula is C16H17N. The Balaban J connectivity index is 2.22. The third-order valence-electron chi connectivity index (χ3n) is 3.49. The van der Waals surface area contributed by atoms with Gasteiger partial charge in [0, 0.05) is 23.8 Å². The SMILES string of the molecule is CC(C)N1Cc2ccccc2-c2ccccc21. The fourth-order valence-electron chi connectivity index (χ4n) is 2.60. The Morgan fingerprint density at radius 3 is 2.29 bits per heavy atom. The molecule has 17 heavy (non-hydrogen) atoms. The number of nitrogens with zero attached hydrogens (tertiary/aromatic N) is 1. The molecule has 0 saturated heterocycles. The minimum Gasteiger partial charge on any atom is -0.364 e. The maximum atomic E-state index is 2.47. The minimum absolute atomic E-state index is 0.532. The van der Waals surface area contributed by atoms with Gasteiger partial charge in [0.05, 0.1) is 0 Å². The predicted molar refractivity (Wildman–Crippen MR) is 73.2 cm³/mol. The highest BCUT2D eigenvalue weighted by molar-refractivity contribution is 5.83. The summed E-state index contributed by atoms with van der Waals surface area (Å²) < 4.78 is 0. The molecule has 0 atom stereocenters. The summed E-state index contributed by atoms with van der Waals surface area (Å²) in [5.41, 5.74) is 5.55. The van der Waals surface area contributed by atoms with Crippen molar-refractivity contribution in [2.45, 2.75) is 26.4 Å². The molecule has 2 aromatic carbocycles. The first-order chi connectivity index (χ1) is 8.27. The Morgan fingerprint density at radius 2 is 1.53 bits per heavy atom. The van der Waals surface area contributed by atoms with Crippen LogP contribution in [0, 0.1) is 0 Å². The molecule has 0 fully saturated rings. The molecule has 0 saturated carbocycles. The number of rotatable bonds is 1. The Bertz CT molecular complexity index is 543. The van der Waals surface area contributed by atoms with Crippen LogP contribution in [0.1, 0.15) is 19.4 Å². The topological polar surface area (TPSA) is 3.24 Å². The summed E-state index contributed by atoms with van der Waals surface area (Å²) in [5, 5.41) is 0. The van der Waals surface area contributed by atoms with E-state index in [1.165, 1.54) is 22.4 Å². The van der Waals surface area contributed by atoms with Gasteiger partial charge in [-0.1, -0.05) is 42.5 Å². The highest BCUT2D eigenvalue weighted by Gasteiger charge is 2.22. The van der Waals surface area contributed by atoms with Crippen LogP contribution in [0.4, 0.5) is 5.69 Å². The molecule has 86 valence electrons. The molecule has 0 N–H and O–H groups in total. The van der Waals surface area contributed by atoms with E-state index >= 15 is 0 Å². The fourth-order valence-corrected chi connectivity index (χ4v) is 2.60. The summed E-state index contributed by atoms with van der Waals surface area (Å²) in [6.45, 7) is 5.53. The molecule has 0 bridgehead atoms. The van der Waals surface area contributed by atoms with Crippen LogP contribution in [0.15, 0.2) is 48.5 Å². The molecule has 1 aliphatic rings. The number of para-hydroxylation sites is 1. The van der Waals surface area contributed by atoms with Gasteiger partial charge >= 0.3 is 0 Å². The zero-order chi connectivity index (χ0) is 11.8.